The molecule has 1 aliphatic carbocycles. The van der Waals surface area contributed by atoms with Gasteiger partial charge in [-0.2, -0.15) is 9.40 Å². The van der Waals surface area contributed by atoms with E-state index in [-0.39, 0.29) is 11.4 Å². The van der Waals surface area contributed by atoms with Crippen LogP contribution in [-0.2, 0) is 21.4 Å². The van der Waals surface area contributed by atoms with Gasteiger partial charge in [0, 0.05) is 6.54 Å². The van der Waals surface area contributed by atoms with Gasteiger partial charge in [0.05, 0.1) is 23.7 Å². The average Bonchev–Trinajstić information content (AvgIpc) is 3.48. The van der Waals surface area contributed by atoms with Crippen LogP contribution in [0.25, 0.3) is 5.69 Å². The van der Waals surface area contributed by atoms with Gasteiger partial charge in [-0.05, 0) is 60.7 Å². The van der Waals surface area contributed by atoms with Gasteiger partial charge < -0.3 is 4.74 Å². The molecule has 0 atom stereocenters. The fourth-order valence-corrected chi connectivity index (χ4v) is 4.46. The molecule has 0 aliphatic heterocycles. The molecule has 0 unspecified atom stereocenters. The van der Waals surface area contributed by atoms with Crippen LogP contribution < -0.4 is 10.2 Å². The second kappa shape index (κ2) is 9.47. The first-order valence-corrected chi connectivity index (χ1v) is 11.5. The molecule has 1 heterocycles. The van der Waals surface area contributed by atoms with Crippen LogP contribution in [0.15, 0.2) is 66.1 Å². The zero-order chi connectivity index (χ0) is 22.6. The maximum atomic E-state index is 13.2. The van der Waals surface area contributed by atoms with Crippen molar-refractivity contribution in [2.75, 3.05) is 13.2 Å². The van der Waals surface area contributed by atoms with E-state index >= 15 is 0 Å². The maximum absolute atomic E-state index is 13.2. The summed E-state index contributed by atoms with van der Waals surface area (Å²) in [4.78, 5) is 15.7. The fraction of sp³-hybridized carbons (Fsp3) is 0.286. The Hall–Kier alpha value is -3.28. The van der Waals surface area contributed by atoms with Gasteiger partial charge in [-0.3, -0.25) is 10.0 Å². The summed E-state index contributed by atoms with van der Waals surface area (Å²) >= 11 is 0. The van der Waals surface area contributed by atoms with Gasteiger partial charge in [0.2, 0.25) is 10.0 Å². The van der Waals surface area contributed by atoms with Crippen molar-refractivity contribution in [3.63, 3.8) is 0 Å². The number of aromatic nitrogens is 3. The van der Waals surface area contributed by atoms with E-state index in [1.54, 1.807) is 47.4 Å². The quantitative estimate of drug-likeness (QED) is 0.351. The Morgan fingerprint density at radius 1 is 1.16 bits per heavy atom. The largest absolute Gasteiger partial charge is 0.493 e. The number of ether oxygens (including phenoxy) is 1. The Morgan fingerprint density at radius 3 is 2.47 bits per heavy atom. The number of rotatable bonds is 10. The molecule has 0 bridgehead atoms. The maximum Gasteiger partial charge on any atom is 0.258 e. The summed E-state index contributed by atoms with van der Waals surface area (Å²) in [5.74, 6) is 0.346. The van der Waals surface area contributed by atoms with Crippen LogP contribution in [0, 0.1) is 5.92 Å². The lowest BCUT2D eigenvalue weighted by Crippen LogP contribution is -2.39. The molecular formula is C21H23N5O5S. The first kappa shape index (κ1) is 21.9. The topological polar surface area (TPSA) is 127 Å². The first-order valence-electron chi connectivity index (χ1n) is 10.1. The molecule has 1 saturated carbocycles. The molecule has 3 aromatic rings. The SMILES string of the molecule is O=C(CN(Cc1ccc(-n2cncn2)cc1)S(=O)(=O)c1ccc(OCC2CC2)cc1)NO. The predicted octanol–water partition coefficient (Wildman–Crippen LogP) is 1.75. The van der Waals surface area contributed by atoms with E-state index in [2.05, 4.69) is 10.1 Å². The van der Waals surface area contributed by atoms with Gasteiger partial charge in [0.15, 0.2) is 0 Å². The van der Waals surface area contributed by atoms with Crippen molar-refractivity contribution in [1.82, 2.24) is 24.5 Å². The number of nitrogens with zero attached hydrogens (tertiary/aromatic N) is 4. The Kier molecular flexibility index (Phi) is 6.49. The van der Waals surface area contributed by atoms with Crippen LogP contribution in [0.3, 0.4) is 0 Å². The van der Waals surface area contributed by atoms with Crippen LogP contribution in [0.5, 0.6) is 5.75 Å². The van der Waals surface area contributed by atoms with Gasteiger partial charge in [-0.1, -0.05) is 12.1 Å². The van der Waals surface area contributed by atoms with Crippen molar-refractivity contribution in [2.45, 2.75) is 24.3 Å². The highest BCUT2D eigenvalue weighted by molar-refractivity contribution is 7.89. The van der Waals surface area contributed by atoms with E-state index < -0.39 is 22.5 Å². The molecule has 0 saturated heterocycles. The number of amides is 1. The van der Waals surface area contributed by atoms with E-state index in [9.17, 15) is 13.2 Å². The summed E-state index contributed by atoms with van der Waals surface area (Å²) in [7, 11) is -4.02. The molecule has 32 heavy (non-hydrogen) atoms. The predicted molar refractivity (Wildman–Crippen MR) is 114 cm³/mol. The molecule has 1 aromatic heterocycles. The van der Waals surface area contributed by atoms with Crippen LogP contribution in [-0.4, -0.2) is 51.8 Å². The van der Waals surface area contributed by atoms with E-state index in [1.807, 2.05) is 0 Å². The van der Waals surface area contributed by atoms with Crippen LogP contribution in [0.4, 0.5) is 0 Å². The molecule has 11 heteroatoms. The minimum absolute atomic E-state index is 0.0289. The third-order valence-corrected chi connectivity index (χ3v) is 6.87. The van der Waals surface area contributed by atoms with Crippen molar-refractivity contribution in [2.24, 2.45) is 5.92 Å². The normalized spacial score (nSPS) is 13.8. The smallest absolute Gasteiger partial charge is 0.258 e. The summed E-state index contributed by atoms with van der Waals surface area (Å²) < 4.78 is 34.7. The van der Waals surface area contributed by atoms with Gasteiger partial charge in [0.25, 0.3) is 5.91 Å². The standard InChI is InChI=1S/C21H23N5O5S/c27-21(24-28)12-25(11-16-3-5-18(6-4-16)26-15-22-14-23-26)32(29,30)20-9-7-19(8-10-20)31-13-17-1-2-17/h3-10,14-15,17,28H,1-2,11-13H2,(H,24,27). The van der Waals surface area contributed by atoms with E-state index in [0.717, 1.165) is 22.8 Å². The van der Waals surface area contributed by atoms with Crippen molar-refractivity contribution in [1.29, 1.82) is 0 Å². The average molecular weight is 458 g/mol. The van der Waals surface area contributed by atoms with E-state index in [1.165, 1.54) is 23.9 Å². The number of nitrogens with one attached hydrogen (secondary N) is 1. The molecule has 2 aromatic carbocycles. The number of benzene rings is 2. The van der Waals surface area contributed by atoms with Gasteiger partial charge >= 0.3 is 0 Å². The van der Waals surface area contributed by atoms with Crippen LogP contribution in [0.1, 0.15) is 18.4 Å². The summed E-state index contributed by atoms with van der Waals surface area (Å²) in [5.41, 5.74) is 2.91. The number of carbonyl (C=O) groups is 1. The molecule has 1 amide bonds. The lowest BCUT2D eigenvalue weighted by molar-refractivity contribution is -0.129. The molecule has 4 rings (SSSR count). The van der Waals surface area contributed by atoms with E-state index in [0.29, 0.717) is 23.8 Å². The summed E-state index contributed by atoms with van der Waals surface area (Å²) in [5, 5.41) is 13.0. The third-order valence-electron chi connectivity index (χ3n) is 5.07. The minimum atomic E-state index is -4.02. The summed E-state index contributed by atoms with van der Waals surface area (Å²) in [6.07, 6.45) is 5.29. The van der Waals surface area contributed by atoms with E-state index in [4.69, 9.17) is 9.94 Å². The van der Waals surface area contributed by atoms with Crippen molar-refractivity contribution in [3.05, 3.63) is 66.7 Å². The highest BCUT2D eigenvalue weighted by Crippen LogP contribution is 2.30. The van der Waals surface area contributed by atoms with Gasteiger partial charge in [-0.25, -0.2) is 23.6 Å². The Morgan fingerprint density at radius 2 is 1.88 bits per heavy atom. The third kappa shape index (κ3) is 5.31. The molecule has 2 N–H and O–H groups in total. The highest BCUT2D eigenvalue weighted by Gasteiger charge is 2.27. The lowest BCUT2D eigenvalue weighted by Gasteiger charge is -2.21. The number of hydroxylamine groups is 1. The van der Waals surface area contributed by atoms with Crippen LogP contribution in [0.2, 0.25) is 0 Å². The number of carbonyl (C=O) groups excluding carboxylic acids is 1. The molecule has 1 aliphatic rings. The lowest BCUT2D eigenvalue weighted by atomic mass is 10.2. The molecule has 0 spiro atoms. The second-order valence-electron chi connectivity index (χ2n) is 7.54. The zero-order valence-corrected chi connectivity index (χ0v) is 18.0. The van der Waals surface area contributed by atoms with Crippen LogP contribution >= 0.6 is 0 Å². The monoisotopic (exact) mass is 457 g/mol. The molecule has 1 fully saturated rings. The van der Waals surface area contributed by atoms with Crippen molar-refractivity contribution < 1.29 is 23.2 Å². The Balaban J connectivity index is 1.52. The number of hydrogen-bond acceptors (Lipinski definition) is 7. The summed E-state index contributed by atoms with van der Waals surface area (Å²) in [6.45, 7) is 0.0242. The number of sulfonamides is 1. The van der Waals surface area contributed by atoms with Crippen molar-refractivity contribution >= 4 is 15.9 Å². The Bertz CT molecular complexity index is 1140. The van der Waals surface area contributed by atoms with Crippen molar-refractivity contribution in [3.8, 4) is 11.4 Å². The first-order chi connectivity index (χ1) is 15.5. The zero-order valence-electron chi connectivity index (χ0n) is 17.2. The molecule has 168 valence electrons. The summed E-state index contributed by atoms with van der Waals surface area (Å²) in [6, 6.07) is 13.1. The molecular weight excluding hydrogens is 434 g/mol. The highest BCUT2D eigenvalue weighted by atomic mass is 32.2. The van der Waals surface area contributed by atoms with Gasteiger partial charge in [-0.15, -0.1) is 0 Å². The Labute approximate surface area is 185 Å². The number of hydrogen-bond donors (Lipinski definition) is 2. The minimum Gasteiger partial charge on any atom is -0.493 e. The fourth-order valence-electron chi connectivity index (χ4n) is 3.08. The second-order valence-corrected chi connectivity index (χ2v) is 9.48. The van der Waals surface area contributed by atoms with Gasteiger partial charge in [0.1, 0.15) is 18.4 Å². The molecule has 0 radical (unpaired) electrons. The molecule has 10 nitrogen and oxygen atoms in total.